The molecule has 1 aromatic carbocycles. The van der Waals surface area contributed by atoms with Gasteiger partial charge in [0.2, 0.25) is 0 Å². The lowest BCUT2D eigenvalue weighted by atomic mass is 9.94. The highest BCUT2D eigenvalue weighted by Gasteiger charge is 2.34. The number of carbonyl (C=O) groups is 1. The maximum atomic E-state index is 10.8. The van der Waals surface area contributed by atoms with Crippen molar-refractivity contribution in [1.29, 1.82) is 0 Å². The van der Waals surface area contributed by atoms with Crippen LogP contribution < -0.4 is 0 Å². The van der Waals surface area contributed by atoms with E-state index >= 15 is 0 Å². The van der Waals surface area contributed by atoms with E-state index in [1.54, 1.807) is 0 Å². The van der Waals surface area contributed by atoms with Crippen LogP contribution in [0.15, 0.2) is 18.2 Å². The Balaban J connectivity index is 2.33. The van der Waals surface area contributed by atoms with Crippen LogP contribution in [0.4, 0.5) is 0 Å². The van der Waals surface area contributed by atoms with Gasteiger partial charge < -0.3 is 9.84 Å². The number of fused-ring (bicyclic) bond motifs is 1. The van der Waals surface area contributed by atoms with Gasteiger partial charge in [0.25, 0.3) is 0 Å². The summed E-state index contributed by atoms with van der Waals surface area (Å²) in [7, 11) is 0. The molecule has 0 spiro atoms. The van der Waals surface area contributed by atoms with Crippen LogP contribution in [0.3, 0.4) is 0 Å². The van der Waals surface area contributed by atoms with Gasteiger partial charge in [-0.3, -0.25) is 4.79 Å². The van der Waals surface area contributed by atoms with Gasteiger partial charge in [-0.2, -0.15) is 0 Å². The molecule has 1 N–H and O–H groups in total. The van der Waals surface area contributed by atoms with Crippen LogP contribution in [0.1, 0.15) is 37.0 Å². The van der Waals surface area contributed by atoms with Crippen LogP contribution in [0, 0.1) is 0 Å². The monoisotopic (exact) mass is 220 g/mol. The molecule has 0 heterocycles. The molecule has 0 saturated carbocycles. The van der Waals surface area contributed by atoms with Crippen molar-refractivity contribution in [3.8, 4) is 0 Å². The van der Waals surface area contributed by atoms with Crippen LogP contribution in [0.2, 0.25) is 0 Å². The highest BCUT2D eigenvalue weighted by atomic mass is 16.5. The van der Waals surface area contributed by atoms with Gasteiger partial charge in [0, 0.05) is 6.92 Å². The molecule has 0 saturated heterocycles. The van der Waals surface area contributed by atoms with Crippen molar-refractivity contribution < 1.29 is 14.6 Å². The highest BCUT2D eigenvalue weighted by molar-refractivity contribution is 5.66. The molecular formula is C13H16O3. The predicted octanol–water partition coefficient (Wildman–Crippen LogP) is 1.90. The summed E-state index contributed by atoms with van der Waals surface area (Å²) in [6.45, 7) is 3.45. The van der Waals surface area contributed by atoms with E-state index in [0.717, 1.165) is 29.5 Å². The zero-order valence-corrected chi connectivity index (χ0v) is 9.62. The van der Waals surface area contributed by atoms with E-state index in [9.17, 15) is 9.90 Å². The van der Waals surface area contributed by atoms with Crippen molar-refractivity contribution in [3.05, 3.63) is 34.9 Å². The minimum atomic E-state index is -0.786. The van der Waals surface area contributed by atoms with E-state index < -0.39 is 5.60 Å². The molecule has 86 valence electrons. The standard InChI is InChI=1S/C13H16O3/c1-9(14)16-8-11-5-3-4-10-6-7-13(2,15)12(10)11/h3-5,15H,6-8H2,1-2H3. The summed E-state index contributed by atoms with van der Waals surface area (Å²) in [6, 6.07) is 5.87. The van der Waals surface area contributed by atoms with Crippen molar-refractivity contribution >= 4 is 5.97 Å². The number of hydrogen-bond acceptors (Lipinski definition) is 3. The van der Waals surface area contributed by atoms with Gasteiger partial charge in [0.1, 0.15) is 6.61 Å². The summed E-state index contributed by atoms with van der Waals surface area (Å²) in [5.74, 6) is -0.296. The molecule has 1 unspecified atom stereocenters. The zero-order valence-electron chi connectivity index (χ0n) is 9.62. The summed E-state index contributed by atoms with van der Waals surface area (Å²) in [5.41, 5.74) is 2.23. The quantitative estimate of drug-likeness (QED) is 0.774. The number of esters is 1. The molecule has 0 fully saturated rings. The van der Waals surface area contributed by atoms with Crippen LogP contribution in [-0.4, -0.2) is 11.1 Å². The molecule has 3 heteroatoms. The number of carbonyl (C=O) groups excluding carboxylic acids is 1. The number of hydrogen-bond donors (Lipinski definition) is 1. The zero-order chi connectivity index (χ0) is 11.8. The Hall–Kier alpha value is -1.35. The molecule has 1 atom stereocenters. The molecule has 1 aromatic rings. The summed E-state index contributed by atoms with van der Waals surface area (Å²) in [4.78, 5) is 10.8. The summed E-state index contributed by atoms with van der Waals surface area (Å²) in [6.07, 6.45) is 1.62. The second kappa shape index (κ2) is 3.91. The lowest BCUT2D eigenvalue weighted by Gasteiger charge is -2.21. The fourth-order valence-electron chi connectivity index (χ4n) is 2.36. The van der Waals surface area contributed by atoms with Gasteiger partial charge in [0.15, 0.2) is 0 Å². The molecule has 1 aliphatic carbocycles. The van der Waals surface area contributed by atoms with Gasteiger partial charge >= 0.3 is 5.97 Å². The Morgan fingerprint density at radius 3 is 3.00 bits per heavy atom. The van der Waals surface area contributed by atoms with Crippen molar-refractivity contribution in [2.45, 2.75) is 38.9 Å². The van der Waals surface area contributed by atoms with E-state index in [1.807, 2.05) is 25.1 Å². The van der Waals surface area contributed by atoms with E-state index in [0.29, 0.717) is 0 Å². The molecule has 0 bridgehead atoms. The predicted molar refractivity (Wildman–Crippen MR) is 59.8 cm³/mol. The smallest absolute Gasteiger partial charge is 0.302 e. The third-order valence-corrected chi connectivity index (χ3v) is 3.09. The molecule has 0 amide bonds. The number of ether oxygens (including phenoxy) is 1. The second-order valence-electron chi connectivity index (χ2n) is 4.51. The van der Waals surface area contributed by atoms with E-state index in [2.05, 4.69) is 0 Å². The molecule has 0 aliphatic heterocycles. The van der Waals surface area contributed by atoms with Crippen LogP contribution in [-0.2, 0) is 28.2 Å². The summed E-state index contributed by atoms with van der Waals surface area (Å²) in [5, 5.41) is 10.3. The fourth-order valence-corrected chi connectivity index (χ4v) is 2.36. The lowest BCUT2D eigenvalue weighted by molar-refractivity contribution is -0.142. The first-order valence-corrected chi connectivity index (χ1v) is 5.48. The minimum Gasteiger partial charge on any atom is -0.461 e. The minimum absolute atomic E-state index is 0.245. The van der Waals surface area contributed by atoms with Crippen molar-refractivity contribution in [2.24, 2.45) is 0 Å². The molecule has 2 rings (SSSR count). The van der Waals surface area contributed by atoms with Crippen LogP contribution in [0.25, 0.3) is 0 Å². The van der Waals surface area contributed by atoms with Crippen molar-refractivity contribution in [3.63, 3.8) is 0 Å². The Bertz CT molecular complexity index is 421. The Morgan fingerprint density at radius 1 is 1.56 bits per heavy atom. The van der Waals surface area contributed by atoms with Gasteiger partial charge in [-0.1, -0.05) is 18.2 Å². The SMILES string of the molecule is CC(=O)OCc1cccc2c1C(C)(O)CC2. The highest BCUT2D eigenvalue weighted by Crippen LogP contribution is 2.38. The number of rotatable bonds is 2. The van der Waals surface area contributed by atoms with E-state index in [1.165, 1.54) is 6.92 Å². The Kier molecular flexibility index (Phi) is 2.72. The van der Waals surface area contributed by atoms with Gasteiger partial charge in [-0.05, 0) is 36.5 Å². The molecule has 3 nitrogen and oxygen atoms in total. The largest absolute Gasteiger partial charge is 0.461 e. The maximum Gasteiger partial charge on any atom is 0.302 e. The molecule has 16 heavy (non-hydrogen) atoms. The summed E-state index contributed by atoms with van der Waals surface area (Å²) >= 11 is 0. The molecular weight excluding hydrogens is 204 g/mol. The lowest BCUT2D eigenvalue weighted by Crippen LogP contribution is -2.19. The number of benzene rings is 1. The molecule has 1 aliphatic rings. The normalized spacial score (nSPS) is 22.9. The topological polar surface area (TPSA) is 46.5 Å². The van der Waals surface area contributed by atoms with Crippen LogP contribution in [0.5, 0.6) is 0 Å². The number of aryl methyl sites for hydroxylation is 1. The maximum absolute atomic E-state index is 10.8. The van der Waals surface area contributed by atoms with E-state index in [4.69, 9.17) is 4.74 Å². The van der Waals surface area contributed by atoms with Crippen LogP contribution >= 0.6 is 0 Å². The average molecular weight is 220 g/mol. The molecule has 0 aromatic heterocycles. The van der Waals surface area contributed by atoms with Crippen molar-refractivity contribution in [1.82, 2.24) is 0 Å². The fraction of sp³-hybridized carbons (Fsp3) is 0.462. The first-order chi connectivity index (χ1) is 7.50. The van der Waals surface area contributed by atoms with Crippen molar-refractivity contribution in [2.75, 3.05) is 0 Å². The van der Waals surface area contributed by atoms with Gasteiger partial charge in [0.05, 0.1) is 5.60 Å². The first kappa shape index (κ1) is 11.1. The Morgan fingerprint density at radius 2 is 2.31 bits per heavy atom. The summed E-state index contributed by atoms with van der Waals surface area (Å²) < 4.78 is 5.00. The first-order valence-electron chi connectivity index (χ1n) is 5.48. The average Bonchev–Trinajstić information content (AvgIpc) is 2.53. The molecule has 0 radical (unpaired) electrons. The van der Waals surface area contributed by atoms with E-state index in [-0.39, 0.29) is 12.6 Å². The second-order valence-corrected chi connectivity index (χ2v) is 4.51. The van der Waals surface area contributed by atoms with Gasteiger partial charge in [-0.15, -0.1) is 0 Å². The third-order valence-electron chi connectivity index (χ3n) is 3.09. The third kappa shape index (κ3) is 1.95. The van der Waals surface area contributed by atoms with Gasteiger partial charge in [-0.25, -0.2) is 0 Å². The Labute approximate surface area is 95.0 Å². The number of aliphatic hydroxyl groups is 1.